The molecule has 1 aromatic heterocycles. The Labute approximate surface area is 189 Å². The molecule has 1 amide bonds. The van der Waals surface area contributed by atoms with Crippen LogP contribution in [0.25, 0.3) is 0 Å². The van der Waals surface area contributed by atoms with Gasteiger partial charge in [0.1, 0.15) is 5.69 Å². The second-order valence-electron chi connectivity index (χ2n) is 6.58. The maximum absolute atomic E-state index is 12.9. The van der Waals surface area contributed by atoms with Crippen LogP contribution in [0.5, 0.6) is 0 Å². The summed E-state index contributed by atoms with van der Waals surface area (Å²) < 4.78 is 39.9. The van der Waals surface area contributed by atoms with Gasteiger partial charge in [0.2, 0.25) is 0 Å². The van der Waals surface area contributed by atoms with Crippen molar-refractivity contribution >= 4 is 45.9 Å². The van der Waals surface area contributed by atoms with Gasteiger partial charge in [-0.3, -0.25) is 4.79 Å². The molecule has 0 aliphatic heterocycles. The Bertz CT molecular complexity index is 1090. The van der Waals surface area contributed by atoms with Crippen molar-refractivity contribution < 1.29 is 18.0 Å². The lowest BCUT2D eigenvalue weighted by atomic mass is 10.1. The van der Waals surface area contributed by atoms with Crippen LogP contribution >= 0.6 is 34.4 Å². The van der Waals surface area contributed by atoms with Gasteiger partial charge in [-0.05, 0) is 84.0 Å². The summed E-state index contributed by atoms with van der Waals surface area (Å²) in [6.45, 7) is 3.42. The minimum Gasteiger partial charge on any atom is -0.322 e. The highest BCUT2D eigenvalue weighted by Gasteiger charge is 2.33. The van der Waals surface area contributed by atoms with E-state index in [9.17, 15) is 18.0 Å². The van der Waals surface area contributed by atoms with Crippen LogP contribution in [0.15, 0.2) is 53.7 Å². The lowest BCUT2D eigenvalue weighted by molar-refractivity contribution is -0.141. The van der Waals surface area contributed by atoms with E-state index in [-0.39, 0.29) is 16.8 Å². The van der Waals surface area contributed by atoms with E-state index in [0.717, 1.165) is 38.2 Å². The zero-order valence-corrected chi connectivity index (χ0v) is 19.0. The van der Waals surface area contributed by atoms with E-state index in [0.29, 0.717) is 11.3 Å². The molecule has 0 spiro atoms. The number of thioether (sulfide) groups is 1. The number of hydrogen-bond donors (Lipinski definition) is 1. The summed E-state index contributed by atoms with van der Waals surface area (Å²) in [6.07, 6.45) is -4.52. The number of rotatable bonds is 5. The number of anilines is 1. The average Bonchev–Trinajstić information content (AvgIpc) is 2.67. The molecule has 0 bridgehead atoms. The number of nitrogens with zero attached hydrogens (tertiary/aromatic N) is 2. The number of carbonyl (C=O) groups is 1. The Balaban J connectivity index is 1.71. The minimum atomic E-state index is -4.52. The molecule has 30 heavy (non-hydrogen) atoms. The van der Waals surface area contributed by atoms with Gasteiger partial charge in [0.25, 0.3) is 5.91 Å². The molecule has 3 rings (SSSR count). The number of carbonyl (C=O) groups excluding carboxylic acids is 1. The van der Waals surface area contributed by atoms with Crippen LogP contribution in [0.3, 0.4) is 0 Å². The SMILES string of the molecule is Cc1cc(C(F)(F)F)nc(SCc2cccc(C(=O)Nc3ccc(I)cc3C)c2)n1. The Morgan fingerprint density at radius 1 is 1.10 bits per heavy atom. The molecule has 3 aromatic rings. The molecule has 0 fully saturated rings. The summed E-state index contributed by atoms with van der Waals surface area (Å²) in [5.41, 5.74) is 2.23. The standard InChI is InChI=1S/C21H17F3IN3OS/c1-12-8-16(25)6-7-17(12)27-19(29)15-5-3-4-14(10-15)11-30-20-26-13(2)9-18(28-20)21(22,23)24/h3-10H,11H2,1-2H3,(H,27,29). The monoisotopic (exact) mass is 543 g/mol. The first-order valence-electron chi connectivity index (χ1n) is 8.84. The van der Waals surface area contributed by atoms with Gasteiger partial charge in [0, 0.05) is 26.3 Å². The molecular formula is C21H17F3IN3OS. The van der Waals surface area contributed by atoms with Crippen molar-refractivity contribution in [3.8, 4) is 0 Å². The molecule has 0 saturated carbocycles. The van der Waals surface area contributed by atoms with Gasteiger partial charge in [-0.25, -0.2) is 9.97 Å². The van der Waals surface area contributed by atoms with Crippen molar-refractivity contribution in [3.63, 3.8) is 0 Å². The molecule has 0 aliphatic carbocycles. The van der Waals surface area contributed by atoms with Crippen molar-refractivity contribution in [2.24, 2.45) is 0 Å². The zero-order chi connectivity index (χ0) is 21.9. The van der Waals surface area contributed by atoms with E-state index >= 15 is 0 Å². The molecule has 9 heteroatoms. The summed E-state index contributed by atoms with van der Waals surface area (Å²) in [7, 11) is 0. The van der Waals surface area contributed by atoms with Crippen molar-refractivity contribution in [2.45, 2.75) is 30.9 Å². The molecule has 0 atom stereocenters. The number of nitrogens with one attached hydrogen (secondary N) is 1. The third-order valence-electron chi connectivity index (χ3n) is 4.12. The van der Waals surface area contributed by atoms with Crippen LogP contribution in [0.4, 0.5) is 18.9 Å². The molecule has 1 N–H and O–H groups in total. The fourth-order valence-electron chi connectivity index (χ4n) is 2.66. The number of amides is 1. The fraction of sp³-hybridized carbons (Fsp3) is 0.190. The highest BCUT2D eigenvalue weighted by atomic mass is 127. The van der Waals surface area contributed by atoms with Crippen LogP contribution < -0.4 is 5.32 Å². The van der Waals surface area contributed by atoms with Crippen molar-refractivity contribution in [2.75, 3.05) is 5.32 Å². The normalized spacial score (nSPS) is 11.4. The van der Waals surface area contributed by atoms with Crippen LogP contribution in [0.1, 0.15) is 32.9 Å². The molecule has 0 saturated heterocycles. The Kier molecular flexibility index (Phi) is 7.02. The maximum Gasteiger partial charge on any atom is 0.433 e. The highest BCUT2D eigenvalue weighted by molar-refractivity contribution is 14.1. The van der Waals surface area contributed by atoms with E-state index in [1.807, 2.05) is 25.1 Å². The third kappa shape index (κ3) is 5.94. The summed E-state index contributed by atoms with van der Waals surface area (Å²) >= 11 is 3.30. The average molecular weight is 543 g/mol. The molecule has 0 aliphatic rings. The predicted molar refractivity (Wildman–Crippen MR) is 120 cm³/mol. The van der Waals surface area contributed by atoms with Gasteiger partial charge >= 0.3 is 6.18 Å². The highest BCUT2D eigenvalue weighted by Crippen LogP contribution is 2.30. The molecule has 156 valence electrons. The summed E-state index contributed by atoms with van der Waals surface area (Å²) in [6, 6.07) is 13.6. The molecule has 1 heterocycles. The number of halogens is 4. The first kappa shape index (κ1) is 22.5. The zero-order valence-electron chi connectivity index (χ0n) is 16.0. The van der Waals surface area contributed by atoms with Crippen LogP contribution in [0.2, 0.25) is 0 Å². The first-order chi connectivity index (χ1) is 14.1. The van der Waals surface area contributed by atoms with Gasteiger partial charge in [0.15, 0.2) is 5.16 Å². The predicted octanol–water partition coefficient (Wildman–Crippen LogP) is 6.26. The van der Waals surface area contributed by atoms with Crippen LogP contribution in [-0.4, -0.2) is 15.9 Å². The summed E-state index contributed by atoms with van der Waals surface area (Å²) in [5.74, 6) is 0.0852. The Morgan fingerprint density at radius 2 is 1.87 bits per heavy atom. The summed E-state index contributed by atoms with van der Waals surface area (Å²) in [4.78, 5) is 20.3. The topological polar surface area (TPSA) is 54.9 Å². The summed E-state index contributed by atoms with van der Waals surface area (Å²) in [5, 5.41) is 2.94. The number of alkyl halides is 3. The maximum atomic E-state index is 12.9. The lowest BCUT2D eigenvalue weighted by Gasteiger charge is -2.10. The number of aromatic nitrogens is 2. The van der Waals surface area contributed by atoms with Gasteiger partial charge in [-0.2, -0.15) is 13.2 Å². The quantitative estimate of drug-likeness (QED) is 0.235. The van der Waals surface area contributed by atoms with Gasteiger partial charge < -0.3 is 5.32 Å². The molecule has 0 radical (unpaired) electrons. The van der Waals surface area contributed by atoms with E-state index in [1.54, 1.807) is 24.3 Å². The Morgan fingerprint density at radius 3 is 2.57 bits per heavy atom. The van der Waals surface area contributed by atoms with Gasteiger partial charge in [0.05, 0.1) is 0 Å². The van der Waals surface area contributed by atoms with Crippen molar-refractivity contribution in [1.29, 1.82) is 0 Å². The largest absolute Gasteiger partial charge is 0.433 e. The number of benzene rings is 2. The van der Waals surface area contributed by atoms with Gasteiger partial charge in [-0.15, -0.1) is 0 Å². The number of aryl methyl sites for hydroxylation is 2. The lowest BCUT2D eigenvalue weighted by Crippen LogP contribution is -2.13. The number of hydrogen-bond acceptors (Lipinski definition) is 4. The van der Waals surface area contributed by atoms with Gasteiger partial charge in [-0.1, -0.05) is 23.9 Å². The van der Waals surface area contributed by atoms with E-state index in [1.165, 1.54) is 6.92 Å². The molecule has 2 aromatic carbocycles. The minimum absolute atomic E-state index is 0.0479. The molecule has 0 unspecified atom stereocenters. The first-order valence-corrected chi connectivity index (χ1v) is 10.9. The smallest absolute Gasteiger partial charge is 0.322 e. The van der Waals surface area contributed by atoms with Crippen LogP contribution in [-0.2, 0) is 11.9 Å². The molecular weight excluding hydrogens is 526 g/mol. The van der Waals surface area contributed by atoms with Crippen LogP contribution in [0, 0.1) is 17.4 Å². The second kappa shape index (κ2) is 9.34. The third-order valence-corrected chi connectivity index (χ3v) is 5.71. The van der Waals surface area contributed by atoms with E-state index < -0.39 is 11.9 Å². The molecule has 4 nitrogen and oxygen atoms in total. The Hall–Kier alpha value is -2.14. The van der Waals surface area contributed by atoms with Crippen molar-refractivity contribution in [1.82, 2.24) is 9.97 Å². The van der Waals surface area contributed by atoms with E-state index in [2.05, 4.69) is 37.9 Å². The van der Waals surface area contributed by atoms with E-state index in [4.69, 9.17) is 0 Å². The fourth-order valence-corrected chi connectivity index (χ4v) is 4.16. The second-order valence-corrected chi connectivity index (χ2v) is 8.77. The van der Waals surface area contributed by atoms with Crippen molar-refractivity contribution in [3.05, 3.63) is 80.2 Å².